The van der Waals surface area contributed by atoms with Gasteiger partial charge in [-0.15, -0.1) is 11.8 Å². The van der Waals surface area contributed by atoms with Crippen LogP contribution in [-0.2, 0) is 0 Å². The summed E-state index contributed by atoms with van der Waals surface area (Å²) in [6.07, 6.45) is 7.54. The maximum Gasteiger partial charge on any atom is 0.0480 e. The Balaban J connectivity index is 1.98. The summed E-state index contributed by atoms with van der Waals surface area (Å²) in [7, 11) is 0. The summed E-state index contributed by atoms with van der Waals surface area (Å²) in [5.74, 6) is 0.925. The quantitative estimate of drug-likeness (QED) is 0.779. The van der Waals surface area contributed by atoms with E-state index in [0.29, 0.717) is 6.04 Å². The van der Waals surface area contributed by atoms with E-state index in [-0.39, 0.29) is 0 Å². The lowest BCUT2D eigenvalue weighted by Crippen LogP contribution is -2.25. The van der Waals surface area contributed by atoms with E-state index in [2.05, 4.69) is 42.8 Å². The molecular formula is C14H21NS. The molecule has 0 heterocycles. The van der Waals surface area contributed by atoms with Gasteiger partial charge in [0.15, 0.2) is 0 Å². The third-order valence-corrected chi connectivity index (χ3v) is 4.28. The Morgan fingerprint density at radius 1 is 1.12 bits per heavy atom. The Morgan fingerprint density at radius 3 is 2.50 bits per heavy atom. The molecule has 1 N–H and O–H groups in total. The van der Waals surface area contributed by atoms with Crippen molar-refractivity contribution < 1.29 is 0 Å². The van der Waals surface area contributed by atoms with Gasteiger partial charge in [-0.2, -0.15) is 0 Å². The topological polar surface area (TPSA) is 12.0 Å². The molecule has 0 atom stereocenters. The molecule has 1 saturated carbocycles. The zero-order chi connectivity index (χ0) is 11.4. The number of benzene rings is 1. The molecule has 1 aliphatic rings. The molecular weight excluding hydrogens is 214 g/mol. The Bertz CT molecular complexity index is 329. The Kier molecular flexibility index (Phi) is 4.16. The molecule has 88 valence electrons. The lowest BCUT2D eigenvalue weighted by molar-refractivity contribution is 0.361. The first-order valence-electron chi connectivity index (χ1n) is 6.19. The van der Waals surface area contributed by atoms with Crippen LogP contribution in [0.25, 0.3) is 0 Å². The van der Waals surface area contributed by atoms with Crippen molar-refractivity contribution in [3.05, 3.63) is 24.3 Å². The summed E-state index contributed by atoms with van der Waals surface area (Å²) in [4.78, 5) is 1.36. The smallest absolute Gasteiger partial charge is 0.0480 e. The number of hydrogen-bond acceptors (Lipinski definition) is 2. The molecule has 2 heteroatoms. The van der Waals surface area contributed by atoms with Crippen LogP contribution in [0.5, 0.6) is 0 Å². The molecule has 0 unspecified atom stereocenters. The molecule has 0 saturated heterocycles. The summed E-state index contributed by atoms with van der Waals surface area (Å²) in [5.41, 5.74) is 1.31. The highest BCUT2D eigenvalue weighted by Crippen LogP contribution is 2.30. The second kappa shape index (κ2) is 5.62. The molecule has 1 aliphatic carbocycles. The van der Waals surface area contributed by atoms with Crippen LogP contribution in [0.1, 0.15) is 32.6 Å². The molecule has 16 heavy (non-hydrogen) atoms. The summed E-state index contributed by atoms with van der Waals surface area (Å²) >= 11 is 1.82. The lowest BCUT2D eigenvalue weighted by Gasteiger charge is -2.28. The Labute approximate surface area is 103 Å². The van der Waals surface area contributed by atoms with E-state index in [4.69, 9.17) is 0 Å². The minimum Gasteiger partial charge on any atom is -0.381 e. The first kappa shape index (κ1) is 11.8. The second-order valence-corrected chi connectivity index (χ2v) is 5.65. The Hall–Kier alpha value is -0.630. The van der Waals surface area contributed by atoms with Crippen molar-refractivity contribution in [3.8, 4) is 0 Å². The zero-order valence-corrected chi connectivity index (χ0v) is 11.0. The third-order valence-electron chi connectivity index (χ3n) is 3.48. The molecule has 0 aromatic heterocycles. The van der Waals surface area contributed by atoms with Crippen molar-refractivity contribution in [2.45, 2.75) is 43.5 Å². The average Bonchev–Trinajstić information content (AvgIpc) is 2.33. The Morgan fingerprint density at radius 2 is 1.81 bits per heavy atom. The molecule has 0 radical (unpaired) electrons. The highest BCUT2D eigenvalue weighted by molar-refractivity contribution is 7.98. The van der Waals surface area contributed by atoms with Crippen molar-refractivity contribution in [2.24, 2.45) is 5.92 Å². The standard InChI is InChI=1S/C14H21NS/c1-11-7-9-12(10-8-11)15-13-5-3-4-6-14(13)16-2/h3-6,11-12,15H,7-10H2,1-2H3. The molecule has 0 aliphatic heterocycles. The fraction of sp³-hybridized carbons (Fsp3) is 0.571. The minimum absolute atomic E-state index is 0.685. The highest BCUT2D eigenvalue weighted by Gasteiger charge is 2.18. The van der Waals surface area contributed by atoms with Crippen LogP contribution in [0.2, 0.25) is 0 Å². The molecule has 1 fully saturated rings. The first-order valence-corrected chi connectivity index (χ1v) is 7.41. The fourth-order valence-corrected chi connectivity index (χ4v) is 2.95. The van der Waals surface area contributed by atoms with Gasteiger partial charge in [-0.3, -0.25) is 0 Å². The number of anilines is 1. The largest absolute Gasteiger partial charge is 0.381 e. The van der Waals surface area contributed by atoms with E-state index in [1.54, 1.807) is 0 Å². The van der Waals surface area contributed by atoms with Crippen LogP contribution < -0.4 is 5.32 Å². The average molecular weight is 235 g/mol. The van der Waals surface area contributed by atoms with Crippen molar-refractivity contribution >= 4 is 17.4 Å². The first-order chi connectivity index (χ1) is 7.79. The second-order valence-electron chi connectivity index (χ2n) is 4.80. The number of thioether (sulfide) groups is 1. The molecule has 0 bridgehead atoms. The monoisotopic (exact) mass is 235 g/mol. The molecule has 0 amide bonds. The van der Waals surface area contributed by atoms with Gasteiger partial charge in [0.2, 0.25) is 0 Å². The van der Waals surface area contributed by atoms with Gasteiger partial charge in [0.25, 0.3) is 0 Å². The summed E-state index contributed by atoms with van der Waals surface area (Å²) in [6.45, 7) is 2.37. The van der Waals surface area contributed by atoms with Crippen LogP contribution in [-0.4, -0.2) is 12.3 Å². The maximum atomic E-state index is 3.70. The normalized spacial score (nSPS) is 25.4. The van der Waals surface area contributed by atoms with E-state index in [9.17, 15) is 0 Å². The highest BCUT2D eigenvalue weighted by atomic mass is 32.2. The minimum atomic E-state index is 0.685. The van der Waals surface area contributed by atoms with Crippen LogP contribution in [0.15, 0.2) is 29.2 Å². The van der Waals surface area contributed by atoms with E-state index >= 15 is 0 Å². The molecule has 1 nitrogen and oxygen atoms in total. The molecule has 0 spiro atoms. The van der Waals surface area contributed by atoms with Gasteiger partial charge in [0.05, 0.1) is 0 Å². The maximum absolute atomic E-state index is 3.70. The fourth-order valence-electron chi connectivity index (χ4n) is 2.39. The summed E-state index contributed by atoms with van der Waals surface area (Å²) in [5, 5.41) is 3.70. The van der Waals surface area contributed by atoms with Gasteiger partial charge in [0.1, 0.15) is 0 Å². The van der Waals surface area contributed by atoms with Gasteiger partial charge < -0.3 is 5.32 Å². The summed E-state index contributed by atoms with van der Waals surface area (Å²) in [6, 6.07) is 9.31. The van der Waals surface area contributed by atoms with Gasteiger partial charge in [-0.05, 0) is 50.0 Å². The van der Waals surface area contributed by atoms with Crippen LogP contribution in [0.3, 0.4) is 0 Å². The number of rotatable bonds is 3. The van der Waals surface area contributed by atoms with Crippen molar-refractivity contribution in [2.75, 3.05) is 11.6 Å². The predicted octanol–water partition coefficient (Wildman–Crippen LogP) is 4.40. The van der Waals surface area contributed by atoms with Crippen molar-refractivity contribution in [3.63, 3.8) is 0 Å². The van der Waals surface area contributed by atoms with E-state index in [0.717, 1.165) is 5.92 Å². The predicted molar refractivity (Wildman–Crippen MR) is 73.3 cm³/mol. The third kappa shape index (κ3) is 2.94. The van der Waals surface area contributed by atoms with E-state index in [1.807, 2.05) is 11.8 Å². The van der Waals surface area contributed by atoms with Crippen molar-refractivity contribution in [1.82, 2.24) is 0 Å². The van der Waals surface area contributed by atoms with E-state index < -0.39 is 0 Å². The SMILES string of the molecule is CSc1ccccc1NC1CCC(C)CC1. The lowest BCUT2D eigenvalue weighted by atomic mass is 9.87. The van der Waals surface area contributed by atoms with Gasteiger partial charge in [-0.1, -0.05) is 19.1 Å². The molecule has 1 aromatic carbocycles. The van der Waals surface area contributed by atoms with Crippen molar-refractivity contribution in [1.29, 1.82) is 0 Å². The molecule has 1 aromatic rings. The van der Waals surface area contributed by atoms with Gasteiger partial charge >= 0.3 is 0 Å². The summed E-state index contributed by atoms with van der Waals surface area (Å²) < 4.78 is 0. The zero-order valence-electron chi connectivity index (χ0n) is 10.2. The number of nitrogens with one attached hydrogen (secondary N) is 1. The van der Waals surface area contributed by atoms with Gasteiger partial charge in [-0.25, -0.2) is 0 Å². The number of para-hydroxylation sites is 1. The van der Waals surface area contributed by atoms with E-state index in [1.165, 1.54) is 36.3 Å². The van der Waals surface area contributed by atoms with Crippen LogP contribution >= 0.6 is 11.8 Å². The number of hydrogen-bond donors (Lipinski definition) is 1. The van der Waals surface area contributed by atoms with Crippen LogP contribution in [0, 0.1) is 5.92 Å². The van der Waals surface area contributed by atoms with Crippen LogP contribution in [0.4, 0.5) is 5.69 Å². The van der Waals surface area contributed by atoms with Gasteiger partial charge in [0, 0.05) is 16.6 Å². The molecule has 2 rings (SSSR count).